The second-order valence-electron chi connectivity index (χ2n) is 4.07. The first kappa shape index (κ1) is 18.2. The predicted octanol–water partition coefficient (Wildman–Crippen LogP) is 2.19. The summed E-state index contributed by atoms with van der Waals surface area (Å²) in [4.78, 5) is 11.4. The van der Waals surface area contributed by atoms with Crippen LogP contribution in [0.25, 0.3) is 0 Å². The van der Waals surface area contributed by atoms with E-state index in [1.807, 2.05) is 6.07 Å². The van der Waals surface area contributed by atoms with E-state index in [1.165, 1.54) is 6.07 Å². The van der Waals surface area contributed by atoms with Crippen LogP contribution in [0.1, 0.15) is 12.5 Å². The molecule has 3 N–H and O–H groups in total. The molecule has 6 heteroatoms. The maximum absolute atomic E-state index is 13.3. The Kier molecular flexibility index (Phi) is 9.65. The number of hydrogen-bond donors (Lipinski definition) is 2. The molecular weight excluding hydrogens is 287 g/mol. The molecule has 0 saturated carbocycles. The lowest BCUT2D eigenvalue weighted by Crippen LogP contribution is -2.34. The number of hydrogen-bond acceptors (Lipinski definition) is 3. The van der Waals surface area contributed by atoms with E-state index in [9.17, 15) is 9.18 Å². The van der Waals surface area contributed by atoms with Crippen molar-refractivity contribution < 1.29 is 9.18 Å². The first-order valence-electron chi connectivity index (χ1n) is 5.94. The molecule has 0 heterocycles. The molecule has 1 unspecified atom stereocenters. The molecule has 0 aliphatic heterocycles. The van der Waals surface area contributed by atoms with E-state index < -0.39 is 0 Å². The molecular formula is C13H20ClFN2OS. The summed E-state index contributed by atoms with van der Waals surface area (Å²) in [6.07, 6.45) is 0. The summed E-state index contributed by atoms with van der Waals surface area (Å²) in [5.41, 5.74) is 6.09. The molecule has 1 amide bonds. The quantitative estimate of drug-likeness (QED) is 0.759. The minimum Gasteiger partial charge on any atom is -0.355 e. The number of carbonyl (C=O) groups is 1. The SMILES string of the molecule is CC(CN)C(=O)NCCSCc1ccccc1F.Cl. The predicted molar refractivity (Wildman–Crippen MR) is 81.0 cm³/mol. The second kappa shape index (κ2) is 10.1. The van der Waals surface area contributed by atoms with E-state index in [-0.39, 0.29) is 30.0 Å². The number of nitrogens with one attached hydrogen (secondary N) is 1. The van der Waals surface area contributed by atoms with Crippen LogP contribution in [0.3, 0.4) is 0 Å². The third-order valence-corrected chi connectivity index (χ3v) is 3.57. The number of thioether (sulfide) groups is 1. The molecule has 0 radical (unpaired) electrons. The molecule has 0 fully saturated rings. The van der Waals surface area contributed by atoms with Crippen molar-refractivity contribution in [2.45, 2.75) is 12.7 Å². The van der Waals surface area contributed by atoms with E-state index in [1.54, 1.807) is 30.8 Å². The molecule has 0 spiro atoms. The van der Waals surface area contributed by atoms with E-state index in [0.717, 1.165) is 5.75 Å². The molecule has 1 rings (SSSR count). The zero-order valence-corrected chi connectivity index (χ0v) is 12.5. The van der Waals surface area contributed by atoms with Crippen molar-refractivity contribution >= 4 is 30.1 Å². The van der Waals surface area contributed by atoms with E-state index in [4.69, 9.17) is 5.73 Å². The average Bonchev–Trinajstić information content (AvgIpc) is 2.39. The smallest absolute Gasteiger partial charge is 0.224 e. The maximum atomic E-state index is 13.3. The highest BCUT2D eigenvalue weighted by Gasteiger charge is 2.09. The van der Waals surface area contributed by atoms with Gasteiger partial charge < -0.3 is 11.1 Å². The van der Waals surface area contributed by atoms with Gasteiger partial charge in [-0.3, -0.25) is 4.79 Å². The van der Waals surface area contributed by atoms with Gasteiger partial charge in [0.15, 0.2) is 0 Å². The lowest BCUT2D eigenvalue weighted by Gasteiger charge is -2.09. The van der Waals surface area contributed by atoms with Crippen molar-refractivity contribution in [1.82, 2.24) is 5.32 Å². The van der Waals surface area contributed by atoms with Crippen molar-refractivity contribution in [1.29, 1.82) is 0 Å². The maximum Gasteiger partial charge on any atom is 0.224 e. The number of carbonyl (C=O) groups excluding carboxylic acids is 1. The summed E-state index contributed by atoms with van der Waals surface area (Å²) in [6.45, 7) is 2.73. The number of nitrogens with two attached hydrogens (primary N) is 1. The van der Waals surface area contributed by atoms with Crippen LogP contribution >= 0.6 is 24.2 Å². The van der Waals surface area contributed by atoms with Gasteiger partial charge >= 0.3 is 0 Å². The molecule has 0 aliphatic rings. The van der Waals surface area contributed by atoms with Crippen LogP contribution in [0.4, 0.5) is 4.39 Å². The zero-order valence-electron chi connectivity index (χ0n) is 10.9. The van der Waals surface area contributed by atoms with Crippen LogP contribution in [0.2, 0.25) is 0 Å². The van der Waals surface area contributed by atoms with Crippen molar-refractivity contribution in [3.8, 4) is 0 Å². The van der Waals surface area contributed by atoms with Crippen molar-refractivity contribution in [2.75, 3.05) is 18.8 Å². The van der Waals surface area contributed by atoms with Gasteiger partial charge in [-0.05, 0) is 11.6 Å². The summed E-state index contributed by atoms with van der Waals surface area (Å²) in [5, 5.41) is 2.80. The molecule has 0 bridgehead atoms. The summed E-state index contributed by atoms with van der Waals surface area (Å²) in [7, 11) is 0. The Morgan fingerprint density at radius 2 is 2.16 bits per heavy atom. The standard InChI is InChI=1S/C13H19FN2OS.ClH/c1-10(8-15)13(17)16-6-7-18-9-11-4-2-3-5-12(11)14;/h2-5,10H,6-9,15H2,1H3,(H,16,17);1H. The Morgan fingerprint density at radius 1 is 1.47 bits per heavy atom. The first-order valence-corrected chi connectivity index (χ1v) is 7.09. The zero-order chi connectivity index (χ0) is 13.4. The fraction of sp³-hybridized carbons (Fsp3) is 0.462. The van der Waals surface area contributed by atoms with Gasteiger partial charge in [0.05, 0.1) is 0 Å². The monoisotopic (exact) mass is 306 g/mol. The first-order chi connectivity index (χ1) is 8.65. The topological polar surface area (TPSA) is 55.1 Å². The Hall–Kier alpha value is -0.780. The molecule has 1 aromatic carbocycles. The third-order valence-electron chi connectivity index (χ3n) is 2.56. The van der Waals surface area contributed by atoms with Gasteiger partial charge in [0.2, 0.25) is 5.91 Å². The molecule has 0 aliphatic carbocycles. The van der Waals surface area contributed by atoms with Crippen molar-refractivity contribution in [3.63, 3.8) is 0 Å². The van der Waals surface area contributed by atoms with Crippen LogP contribution in [0, 0.1) is 11.7 Å². The molecule has 19 heavy (non-hydrogen) atoms. The highest BCUT2D eigenvalue weighted by molar-refractivity contribution is 7.98. The normalized spacial score (nSPS) is 11.5. The average molecular weight is 307 g/mol. The van der Waals surface area contributed by atoms with E-state index in [2.05, 4.69) is 5.32 Å². The Balaban J connectivity index is 0.00000324. The third kappa shape index (κ3) is 6.80. The molecule has 108 valence electrons. The molecule has 0 aromatic heterocycles. The number of rotatable bonds is 7. The highest BCUT2D eigenvalue weighted by atomic mass is 35.5. The molecule has 1 atom stereocenters. The number of amides is 1. The van der Waals surface area contributed by atoms with Crippen LogP contribution < -0.4 is 11.1 Å². The van der Waals surface area contributed by atoms with E-state index >= 15 is 0 Å². The van der Waals surface area contributed by atoms with Crippen LogP contribution in [0.15, 0.2) is 24.3 Å². The van der Waals surface area contributed by atoms with Gasteiger partial charge in [0.1, 0.15) is 5.82 Å². The lowest BCUT2D eigenvalue weighted by atomic mass is 10.2. The summed E-state index contributed by atoms with van der Waals surface area (Å²) < 4.78 is 13.3. The minimum atomic E-state index is -0.175. The van der Waals surface area contributed by atoms with Gasteiger partial charge in [0, 0.05) is 30.5 Å². The Bertz CT molecular complexity index is 393. The van der Waals surface area contributed by atoms with Gasteiger partial charge in [0.25, 0.3) is 0 Å². The molecule has 0 saturated heterocycles. The Labute approximate surface area is 123 Å². The van der Waals surface area contributed by atoms with Crippen LogP contribution in [-0.4, -0.2) is 24.7 Å². The Morgan fingerprint density at radius 3 is 2.79 bits per heavy atom. The highest BCUT2D eigenvalue weighted by Crippen LogP contribution is 2.14. The largest absolute Gasteiger partial charge is 0.355 e. The minimum absolute atomic E-state index is 0. The van der Waals surface area contributed by atoms with E-state index in [0.29, 0.717) is 24.4 Å². The van der Waals surface area contributed by atoms with Crippen molar-refractivity contribution in [3.05, 3.63) is 35.6 Å². The molecule has 1 aromatic rings. The number of halogens is 2. The van der Waals surface area contributed by atoms with Crippen LogP contribution in [0.5, 0.6) is 0 Å². The van der Waals surface area contributed by atoms with Gasteiger partial charge in [-0.2, -0.15) is 11.8 Å². The van der Waals surface area contributed by atoms with Crippen molar-refractivity contribution in [2.24, 2.45) is 11.7 Å². The molecule has 3 nitrogen and oxygen atoms in total. The van der Waals surface area contributed by atoms with Crippen LogP contribution in [-0.2, 0) is 10.5 Å². The second-order valence-corrected chi connectivity index (χ2v) is 5.18. The fourth-order valence-corrected chi connectivity index (χ4v) is 2.17. The summed E-state index contributed by atoms with van der Waals surface area (Å²) >= 11 is 1.60. The fourth-order valence-electron chi connectivity index (χ4n) is 1.33. The van der Waals surface area contributed by atoms with Gasteiger partial charge in [-0.25, -0.2) is 4.39 Å². The summed E-state index contributed by atoms with van der Waals surface area (Å²) in [5.74, 6) is 1.03. The van der Waals surface area contributed by atoms with Gasteiger partial charge in [-0.15, -0.1) is 12.4 Å². The lowest BCUT2D eigenvalue weighted by molar-refractivity contribution is -0.124. The van der Waals surface area contributed by atoms with Gasteiger partial charge in [-0.1, -0.05) is 25.1 Å². The number of benzene rings is 1. The summed E-state index contributed by atoms with van der Waals surface area (Å²) in [6, 6.07) is 6.74.